The normalized spacial score (nSPS) is 16.0. The van der Waals surface area contributed by atoms with Crippen molar-refractivity contribution in [1.29, 1.82) is 0 Å². The summed E-state index contributed by atoms with van der Waals surface area (Å²) < 4.78 is 11.2. The van der Waals surface area contributed by atoms with Crippen molar-refractivity contribution in [3.63, 3.8) is 0 Å². The van der Waals surface area contributed by atoms with E-state index in [1.807, 2.05) is 0 Å². The Labute approximate surface area is 152 Å². The number of guanidine groups is 1. The summed E-state index contributed by atoms with van der Waals surface area (Å²) in [5.74, 6) is 0.869. The number of rotatable bonds is 8. The first-order valence-electron chi connectivity index (χ1n) is 9.46. The maximum Gasteiger partial charge on any atom is 0.191 e. The molecule has 25 heavy (non-hydrogen) atoms. The molecule has 1 heterocycles. The lowest BCUT2D eigenvalue weighted by atomic mass is 10.1. The first-order valence-corrected chi connectivity index (χ1v) is 9.46. The lowest BCUT2D eigenvalue weighted by Crippen LogP contribution is -2.38. The van der Waals surface area contributed by atoms with E-state index in [1.165, 1.54) is 16.7 Å². The van der Waals surface area contributed by atoms with Gasteiger partial charge in [-0.1, -0.05) is 23.8 Å². The van der Waals surface area contributed by atoms with Crippen LogP contribution in [-0.4, -0.2) is 45.0 Å². The number of hydrogen-bond acceptors (Lipinski definition) is 3. The summed E-state index contributed by atoms with van der Waals surface area (Å²) >= 11 is 0. The third-order valence-corrected chi connectivity index (χ3v) is 4.39. The van der Waals surface area contributed by atoms with E-state index in [1.54, 1.807) is 0 Å². The number of nitrogens with zero attached hydrogens (tertiary/aromatic N) is 1. The summed E-state index contributed by atoms with van der Waals surface area (Å²) in [5.41, 5.74) is 3.86. The van der Waals surface area contributed by atoms with Gasteiger partial charge in [-0.2, -0.15) is 0 Å². The Kier molecular flexibility index (Phi) is 8.77. The fourth-order valence-electron chi connectivity index (χ4n) is 2.90. The average Bonchev–Trinajstić information content (AvgIpc) is 2.61. The molecule has 0 bridgehead atoms. The lowest BCUT2D eigenvalue weighted by Gasteiger charge is -2.22. The fraction of sp³-hybridized carbons (Fsp3) is 0.650. The molecule has 1 aliphatic rings. The zero-order valence-electron chi connectivity index (χ0n) is 15.9. The maximum absolute atomic E-state index is 5.90. The van der Waals surface area contributed by atoms with E-state index < -0.39 is 0 Å². The van der Waals surface area contributed by atoms with Crippen molar-refractivity contribution in [2.24, 2.45) is 4.99 Å². The van der Waals surface area contributed by atoms with Gasteiger partial charge in [0.15, 0.2) is 5.96 Å². The lowest BCUT2D eigenvalue weighted by molar-refractivity contribution is -0.0320. The molecule has 140 valence electrons. The molecular weight excluding hydrogens is 314 g/mol. The van der Waals surface area contributed by atoms with Crippen LogP contribution in [0.25, 0.3) is 0 Å². The number of aryl methyl sites for hydroxylation is 2. The highest BCUT2D eigenvalue weighted by atomic mass is 16.5. The van der Waals surface area contributed by atoms with Crippen molar-refractivity contribution >= 4 is 5.96 Å². The van der Waals surface area contributed by atoms with Crippen molar-refractivity contribution in [1.82, 2.24) is 10.6 Å². The van der Waals surface area contributed by atoms with Gasteiger partial charge in [0.05, 0.1) is 12.6 Å². The highest BCUT2D eigenvalue weighted by Crippen LogP contribution is 2.12. The molecule has 1 fully saturated rings. The van der Waals surface area contributed by atoms with Crippen molar-refractivity contribution in [3.05, 3.63) is 34.9 Å². The van der Waals surface area contributed by atoms with Crippen LogP contribution in [0.15, 0.2) is 23.2 Å². The monoisotopic (exact) mass is 347 g/mol. The predicted octanol–water partition coefficient (Wildman–Crippen LogP) is 2.94. The predicted molar refractivity (Wildman–Crippen MR) is 103 cm³/mol. The third kappa shape index (κ3) is 7.45. The summed E-state index contributed by atoms with van der Waals surface area (Å²) in [6, 6.07) is 6.52. The maximum atomic E-state index is 5.90. The fourth-order valence-corrected chi connectivity index (χ4v) is 2.90. The number of hydrogen-bond donors (Lipinski definition) is 2. The van der Waals surface area contributed by atoms with Crippen molar-refractivity contribution in [2.45, 2.75) is 52.7 Å². The zero-order valence-corrected chi connectivity index (χ0v) is 15.9. The number of ether oxygens (including phenoxy) is 2. The molecule has 0 aromatic heterocycles. The molecule has 0 atom stereocenters. The molecule has 0 unspecified atom stereocenters. The molecular formula is C20H33N3O2. The van der Waals surface area contributed by atoms with Crippen LogP contribution in [0.3, 0.4) is 0 Å². The smallest absolute Gasteiger partial charge is 0.191 e. The highest BCUT2D eigenvalue weighted by molar-refractivity contribution is 5.79. The van der Waals surface area contributed by atoms with Gasteiger partial charge in [-0.25, -0.2) is 4.99 Å². The quantitative estimate of drug-likeness (QED) is 0.431. The molecule has 2 rings (SSSR count). The van der Waals surface area contributed by atoms with E-state index in [-0.39, 0.29) is 0 Å². The molecule has 0 spiro atoms. The van der Waals surface area contributed by atoms with Gasteiger partial charge < -0.3 is 20.1 Å². The molecule has 2 N–H and O–H groups in total. The third-order valence-electron chi connectivity index (χ3n) is 4.39. The number of benzene rings is 1. The highest BCUT2D eigenvalue weighted by Gasteiger charge is 2.13. The van der Waals surface area contributed by atoms with Crippen LogP contribution >= 0.6 is 0 Å². The summed E-state index contributed by atoms with van der Waals surface area (Å²) in [4.78, 5) is 4.70. The van der Waals surface area contributed by atoms with Crippen LogP contribution in [-0.2, 0) is 16.0 Å². The average molecular weight is 348 g/mol. The minimum Gasteiger partial charge on any atom is -0.381 e. The Bertz CT molecular complexity index is 540. The van der Waals surface area contributed by atoms with Crippen LogP contribution in [0.1, 0.15) is 42.9 Å². The number of aliphatic imine (C=N–C) groups is 1. The Morgan fingerprint density at radius 1 is 1.24 bits per heavy atom. The van der Waals surface area contributed by atoms with Gasteiger partial charge in [-0.15, -0.1) is 0 Å². The molecule has 1 aromatic rings. The van der Waals surface area contributed by atoms with Gasteiger partial charge in [0.2, 0.25) is 0 Å². The second kappa shape index (κ2) is 11.1. The molecule has 1 saturated heterocycles. The minimum absolute atomic E-state index is 0.375. The van der Waals surface area contributed by atoms with Gasteiger partial charge in [-0.05, 0) is 51.2 Å². The van der Waals surface area contributed by atoms with E-state index in [0.29, 0.717) is 12.6 Å². The summed E-state index contributed by atoms with van der Waals surface area (Å²) in [6.07, 6.45) is 3.40. The topological polar surface area (TPSA) is 54.9 Å². The van der Waals surface area contributed by atoms with Crippen LogP contribution < -0.4 is 10.6 Å². The summed E-state index contributed by atoms with van der Waals surface area (Å²) in [7, 11) is 0. The minimum atomic E-state index is 0.375. The van der Waals surface area contributed by atoms with Crippen LogP contribution in [0, 0.1) is 13.8 Å². The van der Waals surface area contributed by atoms with Crippen molar-refractivity contribution in [2.75, 3.05) is 32.9 Å². The Balaban J connectivity index is 1.71. The van der Waals surface area contributed by atoms with Crippen LogP contribution in [0.2, 0.25) is 0 Å². The summed E-state index contributed by atoms with van der Waals surface area (Å²) in [5, 5.41) is 6.70. The van der Waals surface area contributed by atoms with Crippen LogP contribution in [0.5, 0.6) is 0 Å². The van der Waals surface area contributed by atoms with E-state index in [2.05, 4.69) is 49.6 Å². The van der Waals surface area contributed by atoms with Crippen LogP contribution in [0.4, 0.5) is 0 Å². The van der Waals surface area contributed by atoms with Gasteiger partial charge in [0, 0.05) is 32.9 Å². The Hall–Kier alpha value is -1.59. The van der Waals surface area contributed by atoms with E-state index in [9.17, 15) is 0 Å². The molecule has 0 saturated carbocycles. The SMILES string of the molecule is CCNC(=NCc1ccc(C)cc1C)NCCCOC1CCOCC1. The van der Waals surface area contributed by atoms with E-state index in [0.717, 1.165) is 58.1 Å². The van der Waals surface area contributed by atoms with E-state index >= 15 is 0 Å². The van der Waals surface area contributed by atoms with Crippen molar-refractivity contribution < 1.29 is 9.47 Å². The van der Waals surface area contributed by atoms with Gasteiger partial charge in [0.1, 0.15) is 0 Å². The first-order chi connectivity index (χ1) is 12.2. The van der Waals surface area contributed by atoms with Crippen molar-refractivity contribution in [3.8, 4) is 0 Å². The molecule has 1 aromatic carbocycles. The Morgan fingerprint density at radius 3 is 2.76 bits per heavy atom. The molecule has 5 nitrogen and oxygen atoms in total. The van der Waals surface area contributed by atoms with Gasteiger partial charge in [-0.3, -0.25) is 0 Å². The largest absolute Gasteiger partial charge is 0.381 e. The standard InChI is InChI=1S/C20H33N3O2/c1-4-21-20(23-15-18-7-6-16(2)14-17(18)3)22-10-5-11-25-19-8-12-24-13-9-19/h6-7,14,19H,4-5,8-13,15H2,1-3H3,(H2,21,22,23). The van der Waals surface area contributed by atoms with E-state index in [4.69, 9.17) is 14.5 Å². The van der Waals surface area contributed by atoms with Gasteiger partial charge in [0.25, 0.3) is 0 Å². The Morgan fingerprint density at radius 2 is 2.04 bits per heavy atom. The molecule has 5 heteroatoms. The van der Waals surface area contributed by atoms with Gasteiger partial charge >= 0.3 is 0 Å². The second-order valence-corrected chi connectivity index (χ2v) is 6.59. The molecule has 0 aliphatic carbocycles. The molecule has 1 aliphatic heterocycles. The zero-order chi connectivity index (χ0) is 17.9. The summed E-state index contributed by atoms with van der Waals surface area (Å²) in [6.45, 7) is 11.2. The molecule has 0 radical (unpaired) electrons. The second-order valence-electron chi connectivity index (χ2n) is 6.59. The number of nitrogens with one attached hydrogen (secondary N) is 2. The first kappa shape index (κ1) is 19.7. The molecule has 0 amide bonds.